The third-order valence-electron chi connectivity index (χ3n) is 5.44. The number of hydrogen-bond acceptors (Lipinski definition) is 2. The number of ether oxygens (including phenoxy) is 1. The largest absolute Gasteiger partial charge is 0.394 e. The van der Waals surface area contributed by atoms with Gasteiger partial charge in [0.05, 0.1) is 12.2 Å². The van der Waals surface area contributed by atoms with E-state index in [1.165, 1.54) is 51.4 Å². The maximum absolute atomic E-state index is 9.09. The second-order valence-corrected chi connectivity index (χ2v) is 8.46. The van der Waals surface area contributed by atoms with E-state index in [0.717, 1.165) is 24.2 Å². The Morgan fingerprint density at radius 1 is 0.864 bits per heavy atom. The third-order valence-corrected chi connectivity index (χ3v) is 5.44. The Bertz CT molecular complexity index is 289. The van der Waals surface area contributed by atoms with Crippen molar-refractivity contribution in [2.45, 2.75) is 104 Å². The van der Waals surface area contributed by atoms with Gasteiger partial charge in [-0.25, -0.2) is 0 Å². The average Bonchev–Trinajstić information content (AvgIpc) is 3.09. The summed E-state index contributed by atoms with van der Waals surface area (Å²) < 4.78 is 5.55. The molecular weight excluding hydrogens is 272 g/mol. The molecule has 0 spiro atoms. The first kappa shape index (κ1) is 20.0. The fourth-order valence-corrected chi connectivity index (χ4v) is 3.52. The number of rotatable bonds is 13. The Morgan fingerprint density at radius 2 is 1.36 bits per heavy atom. The summed E-state index contributed by atoms with van der Waals surface area (Å²) in [5.74, 6) is 2.59. The monoisotopic (exact) mass is 312 g/mol. The first-order valence-electron chi connectivity index (χ1n) is 9.66. The van der Waals surface area contributed by atoms with Gasteiger partial charge in [-0.3, -0.25) is 0 Å². The van der Waals surface area contributed by atoms with Crippen LogP contribution in [-0.4, -0.2) is 23.4 Å². The van der Waals surface area contributed by atoms with E-state index in [1.807, 2.05) is 0 Å². The molecule has 0 bridgehead atoms. The summed E-state index contributed by atoms with van der Waals surface area (Å²) in [5, 5.41) is 9.09. The predicted molar refractivity (Wildman–Crippen MR) is 95.1 cm³/mol. The topological polar surface area (TPSA) is 32.8 Å². The van der Waals surface area contributed by atoms with Crippen LogP contribution in [0.4, 0.5) is 0 Å². The molecule has 0 aromatic rings. The van der Waals surface area contributed by atoms with E-state index in [9.17, 15) is 0 Å². The molecule has 0 amide bonds. The lowest BCUT2D eigenvalue weighted by atomic mass is 9.90. The van der Waals surface area contributed by atoms with Crippen LogP contribution in [0.1, 0.15) is 92.4 Å². The molecule has 0 aromatic carbocycles. The molecule has 1 rings (SSSR count). The molecule has 0 unspecified atom stereocenters. The first-order valence-corrected chi connectivity index (χ1v) is 9.66. The minimum absolute atomic E-state index is 0.0145. The fourth-order valence-electron chi connectivity index (χ4n) is 3.52. The molecule has 2 nitrogen and oxygen atoms in total. The first-order chi connectivity index (χ1) is 10.4. The Hall–Kier alpha value is -0.0800. The van der Waals surface area contributed by atoms with Crippen molar-refractivity contribution in [2.24, 2.45) is 17.8 Å². The molecule has 1 saturated heterocycles. The smallest absolute Gasteiger partial charge is 0.110 e. The van der Waals surface area contributed by atoms with E-state index in [2.05, 4.69) is 34.6 Å². The van der Waals surface area contributed by atoms with Crippen molar-refractivity contribution in [3.8, 4) is 0 Å². The molecule has 0 saturated carbocycles. The van der Waals surface area contributed by atoms with E-state index < -0.39 is 0 Å². The summed E-state index contributed by atoms with van der Waals surface area (Å²) in [6.45, 7) is 11.8. The van der Waals surface area contributed by atoms with E-state index in [4.69, 9.17) is 9.84 Å². The molecule has 1 heterocycles. The number of hydrogen-bond donors (Lipinski definition) is 1. The highest BCUT2D eigenvalue weighted by molar-refractivity contribution is 4.98. The predicted octanol–water partition coefficient (Wildman–Crippen LogP) is 5.58. The van der Waals surface area contributed by atoms with E-state index in [1.54, 1.807) is 0 Å². The summed E-state index contributed by atoms with van der Waals surface area (Å²) in [5.41, 5.74) is -0.0145. The van der Waals surface area contributed by atoms with Crippen LogP contribution in [0, 0.1) is 17.8 Å². The van der Waals surface area contributed by atoms with Crippen LogP contribution in [0.2, 0.25) is 0 Å². The van der Waals surface area contributed by atoms with Crippen LogP contribution in [0.5, 0.6) is 0 Å². The lowest BCUT2D eigenvalue weighted by molar-refractivity contribution is 0.234. The van der Waals surface area contributed by atoms with Crippen molar-refractivity contribution in [1.29, 1.82) is 0 Å². The Morgan fingerprint density at radius 3 is 1.82 bits per heavy atom. The number of aliphatic hydroxyl groups excluding tert-OH is 1. The van der Waals surface area contributed by atoms with Crippen LogP contribution in [-0.2, 0) is 4.74 Å². The fraction of sp³-hybridized carbons (Fsp3) is 1.00. The molecule has 1 aliphatic rings. The molecule has 4 atom stereocenters. The normalized spacial score (nSPS) is 27.1. The van der Waals surface area contributed by atoms with Gasteiger partial charge in [0, 0.05) is 0 Å². The second kappa shape index (κ2) is 9.93. The van der Waals surface area contributed by atoms with Crippen LogP contribution in [0.3, 0.4) is 0 Å². The quantitative estimate of drug-likeness (QED) is 0.451. The van der Waals surface area contributed by atoms with Gasteiger partial charge in [0.15, 0.2) is 0 Å². The van der Waals surface area contributed by atoms with Crippen molar-refractivity contribution < 1.29 is 9.84 Å². The van der Waals surface area contributed by atoms with Crippen LogP contribution in [0.15, 0.2) is 0 Å². The van der Waals surface area contributed by atoms with Crippen molar-refractivity contribution in [2.75, 3.05) is 6.61 Å². The summed E-state index contributed by atoms with van der Waals surface area (Å²) in [4.78, 5) is 0. The van der Waals surface area contributed by atoms with Crippen molar-refractivity contribution >= 4 is 0 Å². The molecule has 1 fully saturated rings. The second-order valence-electron chi connectivity index (χ2n) is 8.46. The van der Waals surface area contributed by atoms with Crippen LogP contribution < -0.4 is 0 Å². The third kappa shape index (κ3) is 7.97. The van der Waals surface area contributed by atoms with Gasteiger partial charge in [0.25, 0.3) is 0 Å². The molecule has 0 aliphatic carbocycles. The minimum Gasteiger partial charge on any atom is -0.394 e. The van der Waals surface area contributed by atoms with Gasteiger partial charge < -0.3 is 9.84 Å². The summed E-state index contributed by atoms with van der Waals surface area (Å²) in [6.07, 6.45) is 12.1. The molecule has 0 radical (unpaired) electrons. The summed E-state index contributed by atoms with van der Waals surface area (Å²) in [7, 11) is 0. The van der Waals surface area contributed by atoms with Gasteiger partial charge in [0.2, 0.25) is 0 Å². The van der Waals surface area contributed by atoms with Crippen molar-refractivity contribution in [1.82, 2.24) is 0 Å². The van der Waals surface area contributed by atoms with Crippen LogP contribution in [0.25, 0.3) is 0 Å². The van der Waals surface area contributed by atoms with Gasteiger partial charge in [-0.15, -0.1) is 0 Å². The highest BCUT2D eigenvalue weighted by Gasteiger charge is 2.50. The lowest BCUT2D eigenvalue weighted by Gasteiger charge is -2.15. The molecule has 1 N–H and O–H groups in total. The maximum Gasteiger partial charge on any atom is 0.110 e. The molecule has 132 valence electrons. The lowest BCUT2D eigenvalue weighted by Crippen LogP contribution is -2.12. The van der Waals surface area contributed by atoms with E-state index in [0.29, 0.717) is 0 Å². The number of epoxide rings is 1. The highest BCUT2D eigenvalue weighted by atomic mass is 16.6. The zero-order valence-electron chi connectivity index (χ0n) is 15.7. The van der Waals surface area contributed by atoms with Gasteiger partial charge in [0.1, 0.15) is 6.10 Å². The summed E-state index contributed by atoms with van der Waals surface area (Å²) >= 11 is 0. The minimum atomic E-state index is -0.0145. The highest BCUT2D eigenvalue weighted by Crippen LogP contribution is 2.40. The van der Waals surface area contributed by atoms with Crippen molar-refractivity contribution in [3.63, 3.8) is 0 Å². The van der Waals surface area contributed by atoms with Gasteiger partial charge >= 0.3 is 0 Å². The van der Waals surface area contributed by atoms with E-state index in [-0.39, 0.29) is 18.3 Å². The summed E-state index contributed by atoms with van der Waals surface area (Å²) in [6, 6.07) is 0. The molecular formula is C20H40O2. The van der Waals surface area contributed by atoms with Gasteiger partial charge in [-0.05, 0) is 31.1 Å². The molecule has 1 aliphatic heterocycles. The van der Waals surface area contributed by atoms with Crippen LogP contribution >= 0.6 is 0 Å². The Kier molecular flexibility index (Phi) is 9.01. The van der Waals surface area contributed by atoms with Gasteiger partial charge in [-0.1, -0.05) is 79.1 Å². The molecule has 0 aromatic heterocycles. The van der Waals surface area contributed by atoms with E-state index >= 15 is 0 Å². The van der Waals surface area contributed by atoms with Crippen molar-refractivity contribution in [3.05, 3.63) is 0 Å². The zero-order valence-corrected chi connectivity index (χ0v) is 15.7. The zero-order chi connectivity index (χ0) is 16.6. The molecule has 2 heteroatoms. The average molecular weight is 313 g/mol. The SMILES string of the molecule is CC(C)CCC[C@@H](C)CCC[C@@H](C)CCC[C@]1(C)O[C@@H]1CO. The maximum atomic E-state index is 9.09. The molecule has 22 heavy (non-hydrogen) atoms. The number of aliphatic hydroxyl groups is 1. The Labute approximate surface area is 139 Å². The van der Waals surface area contributed by atoms with Gasteiger partial charge in [-0.2, -0.15) is 0 Å². The Balaban J connectivity index is 1.96. The standard InChI is InChI=1S/C20H40O2/c1-16(2)9-6-10-17(3)11-7-12-18(4)13-8-14-20(5)19(15-21)22-20/h16-19,21H,6-15H2,1-5H3/t17-,18-,19-,20+/m1/s1.